The lowest BCUT2D eigenvalue weighted by Crippen LogP contribution is -2.65. The molecular formula is C22H23NO10. The number of ether oxygens (including phenoxy) is 4. The fraction of sp³-hybridized carbons (Fsp3) is 0.455. The van der Waals surface area contributed by atoms with Gasteiger partial charge in [0.25, 0.3) is 11.8 Å². The van der Waals surface area contributed by atoms with Crippen LogP contribution in [0.5, 0.6) is 0 Å². The number of hydrogen-bond donors (Lipinski definition) is 0. The summed E-state index contributed by atoms with van der Waals surface area (Å²) in [7, 11) is 0. The van der Waals surface area contributed by atoms with Crippen molar-refractivity contribution in [3.63, 3.8) is 0 Å². The van der Waals surface area contributed by atoms with Gasteiger partial charge in [0.05, 0.1) is 17.2 Å². The average Bonchev–Trinajstić information content (AvgIpc) is 2.96. The molecule has 11 heteroatoms. The number of nitrogens with zero attached hydrogens (tertiary/aromatic N) is 1. The highest BCUT2D eigenvalue weighted by atomic mass is 16.6. The maximum absolute atomic E-state index is 13.1. The zero-order valence-corrected chi connectivity index (χ0v) is 18.4. The van der Waals surface area contributed by atoms with E-state index in [9.17, 15) is 28.8 Å². The lowest BCUT2D eigenvalue weighted by Gasteiger charge is -2.46. The minimum atomic E-state index is -1.46. The van der Waals surface area contributed by atoms with E-state index in [1.807, 2.05) is 0 Å². The molecule has 0 bridgehead atoms. The highest BCUT2D eigenvalue weighted by Gasteiger charge is 2.57. The topological polar surface area (TPSA) is 143 Å². The molecule has 0 spiro atoms. The highest BCUT2D eigenvalue weighted by Crippen LogP contribution is 2.36. The largest absolute Gasteiger partial charge is 0.458 e. The summed E-state index contributed by atoms with van der Waals surface area (Å²) < 4.78 is 21.3. The predicted molar refractivity (Wildman–Crippen MR) is 108 cm³/mol. The van der Waals surface area contributed by atoms with Crippen LogP contribution in [0.25, 0.3) is 0 Å². The number of benzene rings is 1. The number of carbonyl (C=O) groups is 6. The molecule has 2 aliphatic rings. The van der Waals surface area contributed by atoms with Gasteiger partial charge in [0, 0.05) is 34.1 Å². The molecule has 1 fully saturated rings. The van der Waals surface area contributed by atoms with Crippen LogP contribution >= 0.6 is 0 Å². The molecule has 5 atom stereocenters. The molecule has 176 valence electrons. The first-order chi connectivity index (χ1) is 15.5. The fourth-order valence-electron chi connectivity index (χ4n) is 4.21. The summed E-state index contributed by atoms with van der Waals surface area (Å²) in [5.74, 6) is -4.38. The lowest BCUT2D eigenvalue weighted by molar-refractivity contribution is -0.216. The molecule has 1 saturated carbocycles. The van der Waals surface area contributed by atoms with Gasteiger partial charge in [-0.05, 0) is 12.1 Å². The van der Waals surface area contributed by atoms with Crippen LogP contribution in [0.4, 0.5) is 0 Å². The van der Waals surface area contributed by atoms with Crippen molar-refractivity contribution in [1.82, 2.24) is 4.90 Å². The van der Waals surface area contributed by atoms with Gasteiger partial charge in [-0.2, -0.15) is 0 Å². The minimum absolute atomic E-state index is 0.152. The summed E-state index contributed by atoms with van der Waals surface area (Å²) in [5, 5.41) is 0. The number of imide groups is 1. The smallest absolute Gasteiger partial charge is 0.303 e. The van der Waals surface area contributed by atoms with E-state index in [2.05, 4.69) is 0 Å². The molecule has 0 saturated heterocycles. The Morgan fingerprint density at radius 2 is 1.12 bits per heavy atom. The molecule has 0 N–H and O–H groups in total. The van der Waals surface area contributed by atoms with Crippen LogP contribution in [0.2, 0.25) is 0 Å². The van der Waals surface area contributed by atoms with E-state index in [0.29, 0.717) is 0 Å². The number of esters is 4. The van der Waals surface area contributed by atoms with Gasteiger partial charge in [0.1, 0.15) is 6.10 Å². The zero-order valence-electron chi connectivity index (χ0n) is 18.4. The molecule has 2 amide bonds. The van der Waals surface area contributed by atoms with Crippen LogP contribution in [-0.4, -0.2) is 71.0 Å². The van der Waals surface area contributed by atoms with Crippen molar-refractivity contribution in [3.05, 3.63) is 35.4 Å². The molecule has 3 rings (SSSR count). The van der Waals surface area contributed by atoms with Crippen LogP contribution in [0, 0.1) is 0 Å². The van der Waals surface area contributed by atoms with Gasteiger partial charge in [-0.15, -0.1) is 0 Å². The maximum Gasteiger partial charge on any atom is 0.303 e. The maximum atomic E-state index is 13.1. The molecule has 1 heterocycles. The molecule has 0 aromatic heterocycles. The van der Waals surface area contributed by atoms with Crippen molar-refractivity contribution in [2.45, 2.75) is 64.6 Å². The Bertz CT molecular complexity index is 983. The second kappa shape index (κ2) is 9.39. The van der Waals surface area contributed by atoms with Crippen molar-refractivity contribution < 1.29 is 47.7 Å². The minimum Gasteiger partial charge on any atom is -0.458 e. The van der Waals surface area contributed by atoms with E-state index < -0.39 is 66.1 Å². The third-order valence-corrected chi connectivity index (χ3v) is 5.25. The average molecular weight is 461 g/mol. The Balaban J connectivity index is 2.10. The van der Waals surface area contributed by atoms with Crippen molar-refractivity contribution in [3.8, 4) is 0 Å². The summed E-state index contributed by atoms with van der Waals surface area (Å²) in [5.41, 5.74) is 0.304. The van der Waals surface area contributed by atoms with Crippen LogP contribution in [0.1, 0.15) is 54.8 Å². The van der Waals surface area contributed by atoms with Crippen molar-refractivity contribution in [1.29, 1.82) is 0 Å². The Morgan fingerprint density at radius 1 is 0.697 bits per heavy atom. The van der Waals surface area contributed by atoms with Gasteiger partial charge in [-0.3, -0.25) is 33.7 Å². The molecule has 1 aromatic rings. The third-order valence-electron chi connectivity index (χ3n) is 5.25. The van der Waals surface area contributed by atoms with E-state index in [1.54, 1.807) is 12.1 Å². The predicted octanol–water partition coefficient (Wildman–Crippen LogP) is 0.782. The molecule has 0 unspecified atom stereocenters. The molecule has 1 aliphatic heterocycles. The van der Waals surface area contributed by atoms with Crippen LogP contribution in [0.3, 0.4) is 0 Å². The van der Waals surface area contributed by atoms with Crippen molar-refractivity contribution in [2.24, 2.45) is 0 Å². The third kappa shape index (κ3) is 4.86. The van der Waals surface area contributed by atoms with Crippen molar-refractivity contribution in [2.75, 3.05) is 0 Å². The molecule has 11 nitrogen and oxygen atoms in total. The molecule has 1 aliphatic carbocycles. The number of fused-ring (bicyclic) bond motifs is 1. The zero-order chi connectivity index (χ0) is 24.4. The Kier molecular flexibility index (Phi) is 6.80. The van der Waals surface area contributed by atoms with E-state index >= 15 is 0 Å². The van der Waals surface area contributed by atoms with Gasteiger partial charge < -0.3 is 18.9 Å². The van der Waals surface area contributed by atoms with E-state index in [1.165, 1.54) is 12.1 Å². The lowest BCUT2D eigenvalue weighted by atomic mass is 9.83. The van der Waals surface area contributed by atoms with Gasteiger partial charge in [-0.25, -0.2) is 0 Å². The first kappa shape index (κ1) is 23.9. The van der Waals surface area contributed by atoms with Crippen LogP contribution in [0.15, 0.2) is 24.3 Å². The normalized spacial score (nSPS) is 26.3. The summed E-state index contributed by atoms with van der Waals surface area (Å²) in [6, 6.07) is 4.97. The molecular weight excluding hydrogens is 438 g/mol. The quantitative estimate of drug-likeness (QED) is 0.351. The molecule has 33 heavy (non-hydrogen) atoms. The van der Waals surface area contributed by atoms with Crippen LogP contribution < -0.4 is 0 Å². The fourth-order valence-corrected chi connectivity index (χ4v) is 4.21. The first-order valence-corrected chi connectivity index (χ1v) is 10.2. The van der Waals surface area contributed by atoms with E-state index in [0.717, 1.165) is 32.6 Å². The Hall–Kier alpha value is -3.76. The summed E-state index contributed by atoms with van der Waals surface area (Å²) in [6.07, 6.45) is -5.60. The summed E-state index contributed by atoms with van der Waals surface area (Å²) >= 11 is 0. The highest BCUT2D eigenvalue weighted by molar-refractivity contribution is 6.21. The van der Waals surface area contributed by atoms with E-state index in [4.69, 9.17) is 18.9 Å². The van der Waals surface area contributed by atoms with Gasteiger partial charge in [0.15, 0.2) is 18.3 Å². The number of rotatable bonds is 5. The molecule has 1 aromatic carbocycles. The SMILES string of the molecule is CC(=O)O[C@H]1[C@@H](OC(C)=O)[C@H](N2C(=O)c3ccccc3C2=O)C[C@@H](OC(C)=O)[C@H]1OC(C)=O. The number of amides is 2. The van der Waals surface area contributed by atoms with Gasteiger partial charge in [0.2, 0.25) is 0 Å². The Labute approximate surface area is 188 Å². The summed E-state index contributed by atoms with van der Waals surface area (Å²) in [6.45, 7) is 4.42. The number of carbonyl (C=O) groups excluding carboxylic acids is 6. The second-order valence-corrected chi connectivity index (χ2v) is 7.70. The van der Waals surface area contributed by atoms with Gasteiger partial charge in [-0.1, -0.05) is 12.1 Å². The second-order valence-electron chi connectivity index (χ2n) is 7.70. The van der Waals surface area contributed by atoms with Crippen molar-refractivity contribution >= 4 is 35.7 Å². The molecule has 0 radical (unpaired) electrons. The van der Waals surface area contributed by atoms with E-state index in [-0.39, 0.29) is 17.5 Å². The van der Waals surface area contributed by atoms with Crippen LogP contribution in [-0.2, 0) is 38.1 Å². The first-order valence-electron chi connectivity index (χ1n) is 10.2. The summed E-state index contributed by atoms with van der Waals surface area (Å²) in [4.78, 5) is 74.5. The number of hydrogen-bond acceptors (Lipinski definition) is 10. The monoisotopic (exact) mass is 461 g/mol. The standard InChI is InChI=1S/C22H23NO10/c1-10(24)30-17-9-16(23-21(28)14-7-5-6-8-15(14)22(23)29)18(31-11(2)25)20(33-13(4)27)19(17)32-12(3)26/h5-8,16-20H,9H2,1-4H3/t16-,17-,18+,19-,20+/m1/s1. The van der Waals surface area contributed by atoms with Gasteiger partial charge >= 0.3 is 23.9 Å². The Morgan fingerprint density at radius 3 is 1.58 bits per heavy atom.